The summed E-state index contributed by atoms with van der Waals surface area (Å²) in [5.41, 5.74) is 2.19. The van der Waals surface area contributed by atoms with E-state index in [1.807, 2.05) is 48.5 Å². The number of hydrogen-bond acceptors (Lipinski definition) is 6. The highest BCUT2D eigenvalue weighted by molar-refractivity contribution is 7.80. The molecule has 2 N–H and O–H groups in total. The average molecular weight is 489 g/mol. The van der Waals surface area contributed by atoms with Crippen molar-refractivity contribution in [2.75, 3.05) is 31.5 Å². The van der Waals surface area contributed by atoms with Crippen molar-refractivity contribution in [3.8, 4) is 23.0 Å². The Morgan fingerprint density at radius 2 is 1.60 bits per heavy atom. The number of fused-ring (bicyclic) bond motifs is 1. The summed E-state index contributed by atoms with van der Waals surface area (Å²) >= 11 is 5.29. The van der Waals surface area contributed by atoms with Crippen LogP contribution in [0.1, 0.15) is 0 Å². The molecule has 0 unspecified atom stereocenters. The number of methoxy groups -OCH3 is 2. The van der Waals surface area contributed by atoms with Gasteiger partial charge < -0.3 is 19.5 Å². The van der Waals surface area contributed by atoms with Crippen molar-refractivity contribution in [2.24, 2.45) is 0 Å². The Morgan fingerprint density at radius 1 is 0.914 bits per heavy atom. The molecule has 0 aliphatic carbocycles. The molecule has 9 heteroatoms. The van der Waals surface area contributed by atoms with Gasteiger partial charge in [-0.1, -0.05) is 18.2 Å². The molecule has 0 saturated heterocycles. The van der Waals surface area contributed by atoms with Gasteiger partial charge in [-0.25, -0.2) is 4.79 Å². The van der Waals surface area contributed by atoms with E-state index in [4.69, 9.17) is 26.4 Å². The van der Waals surface area contributed by atoms with Crippen molar-refractivity contribution in [2.45, 2.75) is 0 Å². The third kappa shape index (κ3) is 5.59. The molecule has 35 heavy (non-hydrogen) atoms. The largest absolute Gasteiger partial charge is 0.493 e. The lowest BCUT2D eigenvalue weighted by Crippen LogP contribution is -2.42. The highest BCUT2D eigenvalue weighted by Crippen LogP contribution is 2.36. The van der Waals surface area contributed by atoms with E-state index in [1.54, 1.807) is 51.7 Å². The number of benzene rings is 3. The number of thiocarbonyl (C=S) groups is 1. The Balaban J connectivity index is 1.42. The van der Waals surface area contributed by atoms with Crippen LogP contribution < -0.4 is 29.7 Å². The fourth-order valence-electron chi connectivity index (χ4n) is 3.38. The van der Waals surface area contributed by atoms with Gasteiger partial charge in [-0.3, -0.25) is 15.2 Å². The molecule has 1 aromatic heterocycles. The molecule has 4 aromatic rings. The van der Waals surface area contributed by atoms with Crippen LogP contribution in [0.25, 0.3) is 10.9 Å². The predicted molar refractivity (Wildman–Crippen MR) is 141 cm³/mol. The minimum Gasteiger partial charge on any atom is -0.493 e. The number of nitrogens with one attached hydrogen (secondary N) is 2. The summed E-state index contributed by atoms with van der Waals surface area (Å²) in [6.07, 6.45) is 1.67. The van der Waals surface area contributed by atoms with Crippen LogP contribution in [0, 0.1) is 0 Å². The number of para-hydroxylation sites is 1. The van der Waals surface area contributed by atoms with Gasteiger partial charge in [0, 0.05) is 36.1 Å². The van der Waals surface area contributed by atoms with Crippen LogP contribution in [-0.4, -0.2) is 37.4 Å². The topological polar surface area (TPSA) is 85.0 Å². The number of nitrogens with zero attached hydrogens (tertiary/aromatic N) is 2. The molecule has 0 radical (unpaired) electrons. The number of urea groups is 1. The number of anilines is 2. The van der Waals surface area contributed by atoms with E-state index in [1.165, 1.54) is 4.90 Å². The third-order valence-electron chi connectivity index (χ3n) is 5.22. The molecule has 0 fully saturated rings. The zero-order chi connectivity index (χ0) is 24.8. The molecular weight excluding hydrogens is 464 g/mol. The molecule has 0 bridgehead atoms. The molecule has 0 spiro atoms. The molecule has 178 valence electrons. The minimum atomic E-state index is -0.342. The Kier molecular flexibility index (Phi) is 7.27. The Morgan fingerprint density at radius 3 is 2.29 bits per heavy atom. The van der Waals surface area contributed by atoms with E-state index in [9.17, 15) is 4.79 Å². The van der Waals surface area contributed by atoms with Crippen LogP contribution in [0.15, 0.2) is 79.0 Å². The normalized spacial score (nSPS) is 10.4. The van der Waals surface area contributed by atoms with Gasteiger partial charge in [0.1, 0.15) is 11.5 Å². The number of carbonyl (C=O) groups is 1. The Bertz CT molecular complexity index is 1350. The number of aromatic nitrogens is 1. The SMILES string of the molecule is COc1cc2nccc(Oc3ccc(NC(=S)NC(=O)N(C)c4ccccc4)cc3)c2cc1OC. The van der Waals surface area contributed by atoms with E-state index in [-0.39, 0.29) is 11.1 Å². The van der Waals surface area contributed by atoms with Gasteiger partial charge in [-0.15, -0.1) is 0 Å². The maximum Gasteiger partial charge on any atom is 0.327 e. The summed E-state index contributed by atoms with van der Waals surface area (Å²) in [4.78, 5) is 18.3. The molecule has 3 aromatic carbocycles. The van der Waals surface area contributed by atoms with Gasteiger partial charge in [0.05, 0.1) is 19.7 Å². The van der Waals surface area contributed by atoms with Crippen molar-refractivity contribution in [3.05, 3.63) is 79.0 Å². The van der Waals surface area contributed by atoms with Gasteiger partial charge >= 0.3 is 6.03 Å². The number of carbonyl (C=O) groups excluding carboxylic acids is 1. The molecule has 0 aliphatic rings. The lowest BCUT2D eigenvalue weighted by molar-refractivity contribution is 0.252. The molecule has 0 atom stereocenters. The van der Waals surface area contributed by atoms with Crippen LogP contribution in [0.5, 0.6) is 23.0 Å². The van der Waals surface area contributed by atoms with E-state index in [2.05, 4.69) is 15.6 Å². The maximum atomic E-state index is 12.4. The average Bonchev–Trinajstić information content (AvgIpc) is 2.89. The first-order valence-corrected chi connectivity index (χ1v) is 11.1. The second-order valence-corrected chi connectivity index (χ2v) is 7.85. The van der Waals surface area contributed by atoms with Gasteiger partial charge in [-0.2, -0.15) is 0 Å². The van der Waals surface area contributed by atoms with Crippen molar-refractivity contribution < 1.29 is 19.0 Å². The predicted octanol–water partition coefficient (Wildman–Crippen LogP) is 5.59. The summed E-state index contributed by atoms with van der Waals surface area (Å²) in [5.74, 6) is 2.43. The molecule has 4 rings (SSSR count). The first-order chi connectivity index (χ1) is 17.0. The number of pyridine rings is 1. The van der Waals surface area contributed by atoms with E-state index >= 15 is 0 Å². The number of rotatable bonds is 6. The van der Waals surface area contributed by atoms with Crippen molar-refractivity contribution in [1.82, 2.24) is 10.3 Å². The standard InChI is InChI=1S/C26H24N4O4S/c1-30(18-7-5-4-6-8-18)26(31)29-25(35)28-17-9-11-19(12-10-17)34-22-13-14-27-21-16-24(33-3)23(32-2)15-20(21)22/h4-16H,1-3H3,(H2,28,29,31,35). The molecule has 1 heterocycles. The summed E-state index contributed by atoms with van der Waals surface area (Å²) < 4.78 is 16.9. The molecule has 0 aliphatic heterocycles. The Hall–Kier alpha value is -4.37. The van der Waals surface area contributed by atoms with E-state index < -0.39 is 0 Å². The highest BCUT2D eigenvalue weighted by atomic mass is 32.1. The second-order valence-electron chi connectivity index (χ2n) is 7.44. The van der Waals surface area contributed by atoms with Gasteiger partial charge in [0.25, 0.3) is 0 Å². The summed E-state index contributed by atoms with van der Waals surface area (Å²) in [7, 11) is 4.84. The Labute approximate surface area is 208 Å². The maximum absolute atomic E-state index is 12.4. The van der Waals surface area contributed by atoms with Crippen LogP contribution in [0.4, 0.5) is 16.2 Å². The van der Waals surface area contributed by atoms with Crippen molar-refractivity contribution in [3.63, 3.8) is 0 Å². The fourth-order valence-corrected chi connectivity index (χ4v) is 3.59. The van der Waals surface area contributed by atoms with Crippen LogP contribution in [0.3, 0.4) is 0 Å². The fraction of sp³-hybridized carbons (Fsp3) is 0.115. The molecule has 8 nitrogen and oxygen atoms in total. The van der Waals surface area contributed by atoms with Crippen LogP contribution in [-0.2, 0) is 0 Å². The monoisotopic (exact) mass is 488 g/mol. The summed E-state index contributed by atoms with van der Waals surface area (Å²) in [5, 5.41) is 6.65. The van der Waals surface area contributed by atoms with Crippen LogP contribution >= 0.6 is 12.2 Å². The summed E-state index contributed by atoms with van der Waals surface area (Å²) in [6.45, 7) is 0. The first-order valence-electron chi connectivity index (χ1n) is 10.7. The molecule has 2 amide bonds. The number of ether oxygens (including phenoxy) is 3. The van der Waals surface area contributed by atoms with Crippen LogP contribution in [0.2, 0.25) is 0 Å². The number of amides is 2. The van der Waals surface area contributed by atoms with Gasteiger partial charge in [0.15, 0.2) is 16.6 Å². The second kappa shape index (κ2) is 10.7. The number of hydrogen-bond donors (Lipinski definition) is 2. The lowest BCUT2D eigenvalue weighted by Gasteiger charge is -2.18. The van der Waals surface area contributed by atoms with Gasteiger partial charge in [0.2, 0.25) is 0 Å². The van der Waals surface area contributed by atoms with E-state index in [0.717, 1.165) is 16.6 Å². The quantitative estimate of drug-likeness (QED) is 0.342. The third-order valence-corrected chi connectivity index (χ3v) is 5.42. The molecule has 0 saturated carbocycles. The minimum absolute atomic E-state index is 0.188. The first kappa shape index (κ1) is 23.8. The van der Waals surface area contributed by atoms with Crippen molar-refractivity contribution >= 4 is 45.6 Å². The van der Waals surface area contributed by atoms with Gasteiger partial charge in [-0.05, 0) is 60.7 Å². The zero-order valence-corrected chi connectivity index (χ0v) is 20.3. The molecular formula is C26H24N4O4S. The summed E-state index contributed by atoms with van der Waals surface area (Å²) in [6, 6.07) is 21.6. The van der Waals surface area contributed by atoms with Crippen molar-refractivity contribution in [1.29, 1.82) is 0 Å². The lowest BCUT2D eigenvalue weighted by atomic mass is 10.2. The zero-order valence-electron chi connectivity index (χ0n) is 19.4. The van der Waals surface area contributed by atoms with E-state index in [0.29, 0.717) is 28.7 Å². The highest BCUT2D eigenvalue weighted by Gasteiger charge is 2.13. The smallest absolute Gasteiger partial charge is 0.327 e.